The lowest BCUT2D eigenvalue weighted by Crippen LogP contribution is -2.35. The molecule has 0 spiro atoms. The van der Waals surface area contributed by atoms with Crippen molar-refractivity contribution in [2.45, 2.75) is 30.4 Å². The van der Waals surface area contributed by atoms with Crippen molar-refractivity contribution in [1.82, 2.24) is 9.88 Å². The van der Waals surface area contributed by atoms with E-state index in [1.54, 1.807) is 35.7 Å². The Balaban J connectivity index is 1.56. The minimum Gasteiger partial charge on any atom is -0.338 e. The Morgan fingerprint density at radius 1 is 1.14 bits per heavy atom. The number of piperidine rings is 1. The van der Waals surface area contributed by atoms with Crippen molar-refractivity contribution in [1.29, 1.82) is 0 Å². The number of hydrogen-bond donors (Lipinski definition) is 1. The molecule has 0 saturated carbocycles. The quantitative estimate of drug-likeness (QED) is 0.620. The predicted octanol–water partition coefficient (Wildman–Crippen LogP) is 4.61. The molecule has 3 aromatic rings. The molecule has 3 heterocycles. The molecule has 2 aromatic heterocycles. The van der Waals surface area contributed by atoms with Gasteiger partial charge in [0, 0.05) is 29.7 Å². The number of carbonyl (C=O) groups excluding carboxylic acids is 1. The van der Waals surface area contributed by atoms with Gasteiger partial charge in [-0.1, -0.05) is 18.2 Å². The van der Waals surface area contributed by atoms with Gasteiger partial charge in [0.05, 0.1) is 5.69 Å². The molecule has 1 fully saturated rings. The largest absolute Gasteiger partial charge is 0.338 e. The molecule has 4 rings (SSSR count). The van der Waals surface area contributed by atoms with Gasteiger partial charge >= 0.3 is 0 Å². The van der Waals surface area contributed by atoms with Gasteiger partial charge in [0.1, 0.15) is 14.1 Å². The Kier molecular flexibility index (Phi) is 5.71. The van der Waals surface area contributed by atoms with Gasteiger partial charge in [-0.25, -0.2) is 13.4 Å². The van der Waals surface area contributed by atoms with Gasteiger partial charge < -0.3 is 4.90 Å². The summed E-state index contributed by atoms with van der Waals surface area (Å²) in [6.45, 7) is 3.41. The topological polar surface area (TPSA) is 79.4 Å². The zero-order chi connectivity index (χ0) is 20.4. The number of aromatic nitrogens is 1. The minimum absolute atomic E-state index is 0.0276. The van der Waals surface area contributed by atoms with E-state index in [0.717, 1.165) is 37.3 Å². The highest BCUT2D eigenvalue weighted by Crippen LogP contribution is 2.34. The third-order valence-corrected chi connectivity index (χ3v) is 8.76. The van der Waals surface area contributed by atoms with Gasteiger partial charge in [-0.3, -0.25) is 9.52 Å². The predicted molar refractivity (Wildman–Crippen MR) is 117 cm³/mol. The van der Waals surface area contributed by atoms with E-state index in [-0.39, 0.29) is 10.1 Å². The zero-order valence-electron chi connectivity index (χ0n) is 15.9. The molecule has 1 aromatic carbocycles. The van der Waals surface area contributed by atoms with E-state index < -0.39 is 10.0 Å². The van der Waals surface area contributed by atoms with Crippen LogP contribution in [0, 0.1) is 6.92 Å². The summed E-state index contributed by atoms with van der Waals surface area (Å²) in [5.74, 6) is 0.0276. The molecule has 0 radical (unpaired) electrons. The summed E-state index contributed by atoms with van der Waals surface area (Å²) >= 11 is 2.47. The van der Waals surface area contributed by atoms with Gasteiger partial charge in [0.25, 0.3) is 15.9 Å². The zero-order valence-corrected chi connectivity index (χ0v) is 18.4. The van der Waals surface area contributed by atoms with E-state index >= 15 is 0 Å². The molecule has 6 nitrogen and oxygen atoms in total. The number of thiazole rings is 1. The standard InChI is InChI=1S/C20H21N3O3S3/c1-14-18(20(24)23-10-6-3-7-11-23)28-19(21-14)15-12-17(27-13-15)29(25,26)22-16-8-4-2-5-9-16/h2,4-5,8-9,12-13,22H,3,6-7,10-11H2,1H3. The van der Waals surface area contributed by atoms with Crippen LogP contribution >= 0.6 is 22.7 Å². The van der Waals surface area contributed by atoms with Crippen molar-refractivity contribution < 1.29 is 13.2 Å². The maximum absolute atomic E-state index is 12.8. The van der Waals surface area contributed by atoms with Crippen molar-refractivity contribution in [3.8, 4) is 10.6 Å². The highest BCUT2D eigenvalue weighted by Gasteiger charge is 2.24. The number of rotatable bonds is 5. The van der Waals surface area contributed by atoms with Gasteiger partial charge in [-0.2, -0.15) is 0 Å². The molecule has 1 amide bonds. The van der Waals surface area contributed by atoms with Crippen molar-refractivity contribution in [2.24, 2.45) is 0 Å². The van der Waals surface area contributed by atoms with Gasteiger partial charge in [0.2, 0.25) is 0 Å². The van der Waals surface area contributed by atoms with Crippen molar-refractivity contribution in [2.75, 3.05) is 17.8 Å². The first-order valence-corrected chi connectivity index (χ1v) is 12.6. The highest BCUT2D eigenvalue weighted by atomic mass is 32.2. The van der Waals surface area contributed by atoms with Gasteiger partial charge in [0.15, 0.2) is 0 Å². The first-order valence-electron chi connectivity index (χ1n) is 9.37. The molecule has 0 bridgehead atoms. The Bertz CT molecular complexity index is 1110. The number of nitrogens with zero attached hydrogens (tertiary/aromatic N) is 2. The van der Waals surface area contributed by atoms with Gasteiger partial charge in [-0.05, 0) is 44.4 Å². The number of likely N-dealkylation sites (tertiary alicyclic amines) is 1. The molecule has 1 aliphatic heterocycles. The Morgan fingerprint density at radius 3 is 2.59 bits per heavy atom. The number of carbonyl (C=O) groups is 1. The van der Waals surface area contributed by atoms with Gasteiger partial charge in [-0.15, -0.1) is 22.7 Å². The summed E-state index contributed by atoms with van der Waals surface area (Å²) in [5, 5.41) is 2.44. The average Bonchev–Trinajstić information content (AvgIpc) is 3.36. The van der Waals surface area contributed by atoms with Crippen LogP contribution in [0.4, 0.5) is 5.69 Å². The number of nitrogens with one attached hydrogen (secondary N) is 1. The molecule has 0 aliphatic carbocycles. The molecule has 1 aliphatic rings. The van der Waals surface area contributed by atoms with Crippen molar-refractivity contribution in [3.05, 3.63) is 52.3 Å². The third-order valence-electron chi connectivity index (χ3n) is 4.75. The van der Waals surface area contributed by atoms with E-state index in [9.17, 15) is 13.2 Å². The van der Waals surface area contributed by atoms with Crippen LogP contribution in [0.3, 0.4) is 0 Å². The lowest BCUT2D eigenvalue weighted by molar-refractivity contribution is 0.0728. The maximum atomic E-state index is 12.8. The molecule has 29 heavy (non-hydrogen) atoms. The smallest absolute Gasteiger partial charge is 0.271 e. The normalized spacial score (nSPS) is 14.7. The van der Waals surface area contributed by atoms with Crippen LogP contribution in [0.5, 0.6) is 0 Å². The highest BCUT2D eigenvalue weighted by molar-refractivity contribution is 7.94. The number of hydrogen-bond acceptors (Lipinski definition) is 6. The Labute approximate surface area is 178 Å². The van der Waals surface area contributed by atoms with Crippen LogP contribution in [0.15, 0.2) is 46.0 Å². The van der Waals surface area contributed by atoms with E-state index in [2.05, 4.69) is 9.71 Å². The summed E-state index contributed by atoms with van der Waals surface area (Å²) in [6.07, 6.45) is 3.24. The second-order valence-electron chi connectivity index (χ2n) is 6.91. The fraction of sp³-hybridized carbons (Fsp3) is 0.300. The molecule has 1 N–H and O–H groups in total. The fourth-order valence-corrected chi connectivity index (χ4v) is 6.56. The van der Waals surface area contributed by atoms with Crippen LogP contribution in [-0.4, -0.2) is 37.3 Å². The fourth-order valence-electron chi connectivity index (χ4n) is 3.24. The van der Waals surface area contributed by atoms with Crippen LogP contribution in [-0.2, 0) is 10.0 Å². The molecular formula is C20H21N3O3S3. The molecular weight excluding hydrogens is 426 g/mol. The maximum Gasteiger partial charge on any atom is 0.271 e. The van der Waals surface area contributed by atoms with E-state index in [1.165, 1.54) is 17.8 Å². The number of thiophene rings is 1. The summed E-state index contributed by atoms with van der Waals surface area (Å²) < 4.78 is 28.1. The van der Waals surface area contributed by atoms with E-state index in [0.29, 0.717) is 26.8 Å². The lowest BCUT2D eigenvalue weighted by Gasteiger charge is -2.26. The Hall–Kier alpha value is -2.23. The Morgan fingerprint density at radius 2 is 1.86 bits per heavy atom. The minimum atomic E-state index is -3.67. The van der Waals surface area contributed by atoms with E-state index in [4.69, 9.17) is 0 Å². The third kappa shape index (κ3) is 4.36. The lowest BCUT2D eigenvalue weighted by atomic mass is 10.1. The number of benzene rings is 1. The molecule has 1 saturated heterocycles. The second kappa shape index (κ2) is 8.25. The molecule has 0 atom stereocenters. The first-order chi connectivity index (χ1) is 13.9. The average molecular weight is 448 g/mol. The summed E-state index contributed by atoms with van der Waals surface area (Å²) in [5.41, 5.74) is 1.93. The number of aryl methyl sites for hydroxylation is 1. The number of para-hydroxylation sites is 1. The number of anilines is 1. The molecule has 9 heteroatoms. The summed E-state index contributed by atoms with van der Waals surface area (Å²) in [4.78, 5) is 19.9. The summed E-state index contributed by atoms with van der Waals surface area (Å²) in [6, 6.07) is 10.4. The number of amides is 1. The van der Waals surface area contributed by atoms with Crippen LogP contribution in [0.25, 0.3) is 10.6 Å². The molecule has 152 valence electrons. The van der Waals surface area contributed by atoms with Crippen LogP contribution in [0.2, 0.25) is 0 Å². The van der Waals surface area contributed by atoms with Crippen LogP contribution < -0.4 is 4.72 Å². The monoisotopic (exact) mass is 447 g/mol. The molecule has 0 unspecified atom stereocenters. The first kappa shape index (κ1) is 20.1. The van der Waals surface area contributed by atoms with Crippen molar-refractivity contribution >= 4 is 44.3 Å². The summed E-state index contributed by atoms with van der Waals surface area (Å²) in [7, 11) is -3.67. The number of sulfonamides is 1. The van der Waals surface area contributed by atoms with E-state index in [1.807, 2.05) is 17.9 Å². The van der Waals surface area contributed by atoms with Crippen molar-refractivity contribution in [3.63, 3.8) is 0 Å². The van der Waals surface area contributed by atoms with Crippen LogP contribution in [0.1, 0.15) is 34.6 Å². The SMILES string of the molecule is Cc1nc(-c2csc(S(=O)(=O)Nc3ccccc3)c2)sc1C(=O)N1CCCCC1. The second-order valence-corrected chi connectivity index (χ2v) is 10.7.